The van der Waals surface area contributed by atoms with Gasteiger partial charge in [0.2, 0.25) is 5.91 Å². The molecule has 24 heavy (non-hydrogen) atoms. The van der Waals surface area contributed by atoms with E-state index in [2.05, 4.69) is 45.4 Å². The number of benzene rings is 1. The lowest BCUT2D eigenvalue weighted by Crippen LogP contribution is -2.46. The van der Waals surface area contributed by atoms with Crippen molar-refractivity contribution in [1.29, 1.82) is 0 Å². The van der Waals surface area contributed by atoms with Crippen LogP contribution in [0.5, 0.6) is 0 Å². The zero-order chi connectivity index (χ0) is 16.4. The van der Waals surface area contributed by atoms with Crippen LogP contribution in [0.1, 0.15) is 31.2 Å². The molecule has 3 atom stereocenters. The van der Waals surface area contributed by atoms with E-state index in [0.717, 1.165) is 63.9 Å². The molecule has 0 bridgehead atoms. The summed E-state index contributed by atoms with van der Waals surface area (Å²) >= 11 is 0. The summed E-state index contributed by atoms with van der Waals surface area (Å²) in [4.78, 5) is 17.7. The minimum Gasteiger partial charge on any atom is -0.341 e. The molecule has 0 spiro atoms. The Balaban J connectivity index is 1.39. The number of fused-ring (bicyclic) bond motifs is 1. The minimum absolute atomic E-state index is 0.0984. The van der Waals surface area contributed by atoms with Gasteiger partial charge in [0.05, 0.1) is 6.04 Å². The Kier molecular flexibility index (Phi) is 4.86. The van der Waals surface area contributed by atoms with E-state index in [-0.39, 0.29) is 6.04 Å². The maximum atomic E-state index is 13.1. The molecule has 1 amide bonds. The first kappa shape index (κ1) is 16.1. The molecule has 1 aromatic carbocycles. The van der Waals surface area contributed by atoms with E-state index in [1.54, 1.807) is 0 Å². The largest absolute Gasteiger partial charge is 0.341 e. The van der Waals surface area contributed by atoms with Crippen LogP contribution < -0.4 is 5.32 Å². The number of amides is 1. The van der Waals surface area contributed by atoms with E-state index in [4.69, 9.17) is 0 Å². The maximum Gasteiger partial charge on any atom is 0.239 e. The highest BCUT2D eigenvalue weighted by Crippen LogP contribution is 2.29. The Hall–Kier alpha value is -1.39. The standard InChI is InChI=1S/C20H29N3O/c24-20(22-11-8-17-13-21-14-18(17)9-12-22)19-7-4-10-23(19)15-16-5-2-1-3-6-16/h1-3,5-6,17-19,21H,4,7-15H2/t17-,18+,19?. The Morgan fingerprint density at radius 1 is 1.00 bits per heavy atom. The molecule has 0 radical (unpaired) electrons. The average molecular weight is 327 g/mol. The van der Waals surface area contributed by atoms with Crippen LogP contribution in [0.4, 0.5) is 0 Å². The van der Waals surface area contributed by atoms with Gasteiger partial charge in [-0.15, -0.1) is 0 Å². The number of carbonyl (C=O) groups excluding carboxylic acids is 1. The van der Waals surface area contributed by atoms with Crippen molar-refractivity contribution < 1.29 is 4.79 Å². The van der Waals surface area contributed by atoms with E-state index < -0.39 is 0 Å². The van der Waals surface area contributed by atoms with Crippen LogP contribution in [-0.4, -0.2) is 54.5 Å². The van der Waals surface area contributed by atoms with Gasteiger partial charge >= 0.3 is 0 Å². The van der Waals surface area contributed by atoms with Crippen LogP contribution in [0.25, 0.3) is 0 Å². The molecular formula is C20H29N3O. The number of nitrogens with one attached hydrogen (secondary N) is 1. The summed E-state index contributed by atoms with van der Waals surface area (Å²) in [5.41, 5.74) is 1.31. The Morgan fingerprint density at radius 2 is 1.71 bits per heavy atom. The lowest BCUT2D eigenvalue weighted by molar-refractivity contribution is -0.136. The smallest absolute Gasteiger partial charge is 0.239 e. The first-order valence-electron chi connectivity index (χ1n) is 9.59. The van der Waals surface area contributed by atoms with E-state index >= 15 is 0 Å². The highest BCUT2D eigenvalue weighted by atomic mass is 16.2. The molecule has 1 aromatic rings. The second kappa shape index (κ2) is 7.24. The van der Waals surface area contributed by atoms with E-state index in [9.17, 15) is 4.79 Å². The molecule has 1 unspecified atom stereocenters. The molecule has 3 heterocycles. The molecule has 3 aliphatic heterocycles. The Morgan fingerprint density at radius 3 is 2.42 bits per heavy atom. The molecule has 0 aromatic heterocycles. The summed E-state index contributed by atoms with van der Waals surface area (Å²) in [6.45, 7) is 6.16. The third kappa shape index (κ3) is 3.35. The van der Waals surface area contributed by atoms with Gasteiger partial charge in [-0.2, -0.15) is 0 Å². The summed E-state index contributed by atoms with van der Waals surface area (Å²) in [6, 6.07) is 10.7. The van der Waals surface area contributed by atoms with Gasteiger partial charge in [0.15, 0.2) is 0 Å². The quantitative estimate of drug-likeness (QED) is 0.924. The summed E-state index contributed by atoms with van der Waals surface area (Å²) in [5, 5.41) is 3.51. The van der Waals surface area contributed by atoms with Crippen molar-refractivity contribution in [1.82, 2.24) is 15.1 Å². The van der Waals surface area contributed by atoms with E-state index in [0.29, 0.717) is 5.91 Å². The zero-order valence-corrected chi connectivity index (χ0v) is 14.5. The van der Waals surface area contributed by atoms with Gasteiger partial charge in [-0.1, -0.05) is 30.3 Å². The predicted molar refractivity (Wildman–Crippen MR) is 95.5 cm³/mol. The maximum absolute atomic E-state index is 13.1. The number of hydrogen-bond donors (Lipinski definition) is 1. The molecule has 0 saturated carbocycles. The van der Waals surface area contributed by atoms with Crippen LogP contribution in [0, 0.1) is 11.8 Å². The SMILES string of the molecule is O=C(C1CCCN1Cc1ccccc1)N1CC[C@@H]2CNC[C@@H]2CC1. The van der Waals surface area contributed by atoms with Crippen molar-refractivity contribution in [2.24, 2.45) is 11.8 Å². The molecule has 4 rings (SSSR count). The zero-order valence-electron chi connectivity index (χ0n) is 14.5. The molecule has 3 aliphatic rings. The van der Waals surface area contributed by atoms with Gasteiger partial charge in [-0.3, -0.25) is 9.69 Å². The summed E-state index contributed by atoms with van der Waals surface area (Å²) in [7, 11) is 0. The fraction of sp³-hybridized carbons (Fsp3) is 0.650. The van der Waals surface area contributed by atoms with E-state index in [1.807, 2.05) is 0 Å². The van der Waals surface area contributed by atoms with Crippen LogP contribution in [0.15, 0.2) is 30.3 Å². The monoisotopic (exact) mass is 327 g/mol. The van der Waals surface area contributed by atoms with Gasteiger partial charge in [0.25, 0.3) is 0 Å². The Bertz CT molecular complexity index is 547. The third-order valence-electron chi connectivity index (χ3n) is 6.21. The van der Waals surface area contributed by atoms with Crippen molar-refractivity contribution >= 4 is 5.91 Å². The van der Waals surface area contributed by atoms with Crippen LogP contribution >= 0.6 is 0 Å². The topological polar surface area (TPSA) is 35.6 Å². The molecule has 0 aliphatic carbocycles. The lowest BCUT2D eigenvalue weighted by Gasteiger charge is -2.30. The Labute approximate surface area is 145 Å². The summed E-state index contributed by atoms with van der Waals surface area (Å²) in [5.74, 6) is 1.95. The fourth-order valence-corrected chi connectivity index (χ4v) is 4.76. The molecule has 4 nitrogen and oxygen atoms in total. The van der Waals surface area contributed by atoms with Crippen molar-refractivity contribution in [2.75, 3.05) is 32.7 Å². The first-order valence-corrected chi connectivity index (χ1v) is 9.59. The van der Waals surface area contributed by atoms with Gasteiger partial charge in [0.1, 0.15) is 0 Å². The van der Waals surface area contributed by atoms with Gasteiger partial charge < -0.3 is 10.2 Å². The fourth-order valence-electron chi connectivity index (χ4n) is 4.76. The molecule has 4 heteroatoms. The third-order valence-corrected chi connectivity index (χ3v) is 6.21. The summed E-state index contributed by atoms with van der Waals surface area (Å²) in [6.07, 6.45) is 4.52. The molecule has 3 fully saturated rings. The molecule has 130 valence electrons. The second-order valence-corrected chi connectivity index (χ2v) is 7.70. The molecule has 3 saturated heterocycles. The van der Waals surface area contributed by atoms with Gasteiger partial charge in [-0.25, -0.2) is 0 Å². The lowest BCUT2D eigenvalue weighted by atomic mass is 9.92. The number of likely N-dealkylation sites (tertiary alicyclic amines) is 2. The number of hydrogen-bond acceptors (Lipinski definition) is 3. The summed E-state index contributed by atoms with van der Waals surface area (Å²) < 4.78 is 0. The number of carbonyl (C=O) groups is 1. The number of nitrogens with zero attached hydrogens (tertiary/aromatic N) is 2. The predicted octanol–water partition coefficient (Wildman–Crippen LogP) is 2.11. The average Bonchev–Trinajstić information content (AvgIpc) is 3.21. The minimum atomic E-state index is 0.0984. The first-order chi connectivity index (χ1) is 11.8. The normalized spacial score (nSPS) is 31.0. The van der Waals surface area contributed by atoms with E-state index in [1.165, 1.54) is 18.4 Å². The van der Waals surface area contributed by atoms with Gasteiger partial charge in [0, 0.05) is 19.6 Å². The van der Waals surface area contributed by atoms with Crippen LogP contribution in [0.2, 0.25) is 0 Å². The molecule has 1 N–H and O–H groups in total. The highest BCUT2D eigenvalue weighted by molar-refractivity contribution is 5.82. The van der Waals surface area contributed by atoms with Crippen molar-refractivity contribution in [3.05, 3.63) is 35.9 Å². The van der Waals surface area contributed by atoms with Crippen LogP contribution in [-0.2, 0) is 11.3 Å². The van der Waals surface area contributed by atoms with Gasteiger partial charge in [-0.05, 0) is 62.7 Å². The molecular weight excluding hydrogens is 298 g/mol. The van der Waals surface area contributed by atoms with Crippen LogP contribution in [0.3, 0.4) is 0 Å². The van der Waals surface area contributed by atoms with Crippen molar-refractivity contribution in [3.63, 3.8) is 0 Å². The number of rotatable bonds is 3. The van der Waals surface area contributed by atoms with Crippen molar-refractivity contribution in [2.45, 2.75) is 38.3 Å². The highest BCUT2D eigenvalue weighted by Gasteiger charge is 2.36. The second-order valence-electron chi connectivity index (χ2n) is 7.70. The van der Waals surface area contributed by atoms with Crippen molar-refractivity contribution in [3.8, 4) is 0 Å².